The van der Waals surface area contributed by atoms with E-state index in [1.807, 2.05) is 12.1 Å². The Hall–Kier alpha value is -5.80. The quantitative estimate of drug-likeness (QED) is 0.163. The molecule has 10 rings (SSSR count). The topological polar surface area (TPSA) is 6.48 Å². The zero-order valence-corrected chi connectivity index (χ0v) is 38.5. The molecular formula is C59H61BN2. The first-order valence-electron chi connectivity index (χ1n) is 24.0. The minimum Gasteiger partial charge on any atom is -0.311 e. The van der Waals surface area contributed by atoms with Gasteiger partial charge in [-0.1, -0.05) is 166 Å². The number of benzene rings is 7. The van der Waals surface area contributed by atoms with Crippen LogP contribution in [0.15, 0.2) is 140 Å². The molecule has 0 aromatic heterocycles. The summed E-state index contributed by atoms with van der Waals surface area (Å²) in [5, 5.41) is 0. The second-order valence-corrected chi connectivity index (χ2v) is 21.7. The van der Waals surface area contributed by atoms with Crippen molar-refractivity contribution in [2.75, 3.05) is 9.80 Å². The highest BCUT2D eigenvalue weighted by molar-refractivity contribution is 7.00. The summed E-state index contributed by atoms with van der Waals surface area (Å²) in [5.74, 6) is 0. The van der Waals surface area contributed by atoms with Crippen molar-refractivity contribution in [1.82, 2.24) is 0 Å². The van der Waals surface area contributed by atoms with E-state index in [0.717, 1.165) is 73.8 Å². The maximum Gasteiger partial charge on any atom is 0.252 e. The van der Waals surface area contributed by atoms with E-state index >= 15 is 0 Å². The van der Waals surface area contributed by atoms with Gasteiger partial charge in [0.1, 0.15) is 0 Å². The second-order valence-electron chi connectivity index (χ2n) is 21.7. The van der Waals surface area contributed by atoms with Crippen LogP contribution in [-0.2, 0) is 21.7 Å². The monoisotopic (exact) mass is 812 g/mol. The molecule has 0 saturated heterocycles. The maximum absolute atomic E-state index is 9.09. The summed E-state index contributed by atoms with van der Waals surface area (Å²) in [4.78, 5) is 4.82. The van der Waals surface area contributed by atoms with Crippen LogP contribution < -0.4 is 26.2 Å². The standard InChI is InChI=1S/C59H61BN2/c1-37-29-53-55-54(30-37)62(50-28-25-43(57(6,7)8)33-44(50)40-21-17-14-18-22-40)51-26-23-41(39-19-15-13-16-20-39)32-47(51)60(55)48-34-45-46(59(11,12)36-58(45,9)10)35-52(48)61(53)49-27-24-42(31-38(49)2)56(3,4)5/h13-35H,36H2,1-12H3/i1D3. The zero-order valence-electron chi connectivity index (χ0n) is 41.5. The van der Waals surface area contributed by atoms with Crippen molar-refractivity contribution in [1.29, 1.82) is 0 Å². The molecule has 0 N–H and O–H groups in total. The Morgan fingerprint density at radius 3 is 1.63 bits per heavy atom. The molecular weight excluding hydrogens is 747 g/mol. The number of aryl methyl sites for hydroxylation is 2. The molecule has 2 heterocycles. The second kappa shape index (κ2) is 13.9. The first-order valence-corrected chi connectivity index (χ1v) is 22.5. The first kappa shape index (κ1) is 36.8. The molecule has 0 spiro atoms. The summed E-state index contributed by atoms with van der Waals surface area (Å²) >= 11 is 0. The number of hydrogen-bond acceptors (Lipinski definition) is 2. The predicted molar refractivity (Wildman–Crippen MR) is 269 cm³/mol. The average Bonchev–Trinajstić information content (AvgIpc) is 3.43. The molecule has 0 amide bonds. The fraction of sp³-hybridized carbons (Fsp3) is 0.288. The Balaban J connectivity index is 1.37. The van der Waals surface area contributed by atoms with Gasteiger partial charge in [0, 0.05) is 38.1 Å². The fourth-order valence-electron chi connectivity index (χ4n) is 11.2. The molecule has 0 atom stereocenters. The molecule has 7 aromatic carbocycles. The van der Waals surface area contributed by atoms with Gasteiger partial charge in [-0.3, -0.25) is 0 Å². The minimum atomic E-state index is -2.37. The molecule has 0 radical (unpaired) electrons. The van der Waals surface area contributed by atoms with Crippen LogP contribution in [0.3, 0.4) is 0 Å². The highest BCUT2D eigenvalue weighted by atomic mass is 15.2. The lowest BCUT2D eigenvalue weighted by molar-refractivity contribution is 0.403. The molecule has 7 aromatic rings. The van der Waals surface area contributed by atoms with Gasteiger partial charge in [0.05, 0.1) is 5.69 Å². The largest absolute Gasteiger partial charge is 0.311 e. The number of fused-ring (bicyclic) bond motifs is 5. The third-order valence-electron chi connectivity index (χ3n) is 14.1. The Morgan fingerprint density at radius 1 is 0.500 bits per heavy atom. The molecule has 0 bridgehead atoms. The summed E-state index contributed by atoms with van der Waals surface area (Å²) in [6, 6.07) is 51.1. The molecule has 0 fully saturated rings. The van der Waals surface area contributed by atoms with E-state index in [4.69, 9.17) is 4.11 Å². The Labute approximate surface area is 376 Å². The molecule has 1 aliphatic carbocycles. The summed E-state index contributed by atoms with van der Waals surface area (Å²) in [5.41, 5.74) is 20.7. The molecule has 62 heavy (non-hydrogen) atoms. The molecule has 0 unspecified atom stereocenters. The van der Waals surface area contributed by atoms with Crippen LogP contribution in [0.1, 0.15) is 113 Å². The number of anilines is 6. The van der Waals surface area contributed by atoms with E-state index in [2.05, 4.69) is 213 Å². The molecule has 310 valence electrons. The third-order valence-corrected chi connectivity index (χ3v) is 14.1. The van der Waals surface area contributed by atoms with Gasteiger partial charge in [0.15, 0.2) is 0 Å². The summed E-state index contributed by atoms with van der Waals surface area (Å²) in [6.45, 7) is 22.8. The maximum atomic E-state index is 9.09. The van der Waals surface area contributed by atoms with E-state index < -0.39 is 6.85 Å². The van der Waals surface area contributed by atoms with Crippen molar-refractivity contribution in [3.05, 3.63) is 173 Å². The van der Waals surface area contributed by atoms with Crippen LogP contribution in [0.25, 0.3) is 22.3 Å². The van der Waals surface area contributed by atoms with Crippen molar-refractivity contribution >= 4 is 57.2 Å². The van der Waals surface area contributed by atoms with E-state index in [9.17, 15) is 0 Å². The van der Waals surface area contributed by atoms with Gasteiger partial charge < -0.3 is 9.80 Å². The molecule has 2 nitrogen and oxygen atoms in total. The average molecular weight is 812 g/mol. The minimum absolute atomic E-state index is 0.0357. The van der Waals surface area contributed by atoms with Gasteiger partial charge in [0.25, 0.3) is 6.71 Å². The van der Waals surface area contributed by atoms with E-state index in [-0.39, 0.29) is 28.4 Å². The predicted octanol–water partition coefficient (Wildman–Crippen LogP) is 14.3. The Kier molecular flexibility index (Phi) is 8.23. The van der Waals surface area contributed by atoms with Crippen LogP contribution in [0.4, 0.5) is 34.1 Å². The summed E-state index contributed by atoms with van der Waals surface area (Å²) in [6.07, 6.45) is 1.04. The third kappa shape index (κ3) is 6.37. The molecule has 3 heteroatoms. The van der Waals surface area contributed by atoms with Gasteiger partial charge >= 0.3 is 0 Å². The lowest BCUT2D eigenvalue weighted by Crippen LogP contribution is -2.61. The first-order chi connectivity index (χ1) is 30.5. The van der Waals surface area contributed by atoms with E-state index in [1.165, 1.54) is 33.2 Å². The number of hydrogen-bond donors (Lipinski definition) is 0. The smallest absolute Gasteiger partial charge is 0.252 e. The molecule has 3 aliphatic rings. The lowest BCUT2D eigenvalue weighted by atomic mass is 9.33. The normalized spacial score (nSPS) is 16.8. The summed E-state index contributed by atoms with van der Waals surface area (Å²) in [7, 11) is 0. The van der Waals surface area contributed by atoms with Gasteiger partial charge in [-0.15, -0.1) is 0 Å². The van der Waals surface area contributed by atoms with Gasteiger partial charge in [0.2, 0.25) is 0 Å². The van der Waals surface area contributed by atoms with Gasteiger partial charge in [-0.05, 0) is 151 Å². The van der Waals surface area contributed by atoms with Crippen LogP contribution >= 0.6 is 0 Å². The van der Waals surface area contributed by atoms with Crippen LogP contribution in [-0.4, -0.2) is 6.71 Å². The zero-order chi connectivity index (χ0) is 46.2. The number of nitrogens with zero attached hydrogens (tertiary/aromatic N) is 2. The van der Waals surface area contributed by atoms with Gasteiger partial charge in [-0.2, -0.15) is 0 Å². The number of rotatable bonds is 4. The highest BCUT2D eigenvalue weighted by Crippen LogP contribution is 2.53. The van der Waals surface area contributed by atoms with Crippen molar-refractivity contribution in [3.63, 3.8) is 0 Å². The van der Waals surface area contributed by atoms with Crippen molar-refractivity contribution in [3.8, 4) is 22.3 Å². The Bertz CT molecular complexity index is 3040. The van der Waals surface area contributed by atoms with Crippen molar-refractivity contribution in [2.24, 2.45) is 0 Å². The van der Waals surface area contributed by atoms with E-state index in [0.29, 0.717) is 5.56 Å². The summed E-state index contributed by atoms with van der Waals surface area (Å²) < 4.78 is 27.3. The van der Waals surface area contributed by atoms with Gasteiger partial charge in [-0.25, -0.2) is 0 Å². The fourth-order valence-corrected chi connectivity index (χ4v) is 11.2. The van der Waals surface area contributed by atoms with Crippen molar-refractivity contribution in [2.45, 2.75) is 111 Å². The SMILES string of the molecule is [2H]C([2H])([2H])c1cc2c3c(c1)N(c1ccc(C(C)(C)C)cc1-c1ccccc1)c1ccc(-c4ccccc4)cc1B3c1cc3c(cc1N2c1ccc(C(C)(C)C)cc1C)C(C)(C)CC3(C)C. The van der Waals surface area contributed by atoms with Crippen LogP contribution in [0.5, 0.6) is 0 Å². The lowest BCUT2D eigenvalue weighted by Gasteiger charge is -2.45. The molecule has 2 aliphatic heterocycles. The van der Waals surface area contributed by atoms with Crippen molar-refractivity contribution < 1.29 is 4.11 Å². The molecule has 0 saturated carbocycles. The van der Waals surface area contributed by atoms with Crippen LogP contribution in [0.2, 0.25) is 0 Å². The van der Waals surface area contributed by atoms with Crippen LogP contribution in [0, 0.1) is 13.8 Å². The van der Waals surface area contributed by atoms with E-state index in [1.54, 1.807) is 0 Å². The highest BCUT2D eigenvalue weighted by Gasteiger charge is 2.48. The Morgan fingerprint density at radius 2 is 1.03 bits per heavy atom.